The lowest BCUT2D eigenvalue weighted by Gasteiger charge is -2.30. The molecule has 1 aromatic heterocycles. The Bertz CT molecular complexity index is 1320. The molecule has 3 aromatic rings. The smallest absolute Gasteiger partial charge is 0.241 e. The molecule has 1 aliphatic carbocycles. The van der Waals surface area contributed by atoms with Gasteiger partial charge in [0.25, 0.3) is 0 Å². The number of hydrogen-bond acceptors (Lipinski definition) is 6. The number of nitrogens with zero attached hydrogens (tertiary/aromatic N) is 2. The van der Waals surface area contributed by atoms with Gasteiger partial charge >= 0.3 is 0 Å². The van der Waals surface area contributed by atoms with E-state index in [4.69, 9.17) is 4.98 Å². The number of para-hydroxylation sites is 1. The van der Waals surface area contributed by atoms with E-state index in [1.807, 2.05) is 18.2 Å². The zero-order chi connectivity index (χ0) is 23.8. The van der Waals surface area contributed by atoms with E-state index in [0.717, 1.165) is 60.2 Å². The van der Waals surface area contributed by atoms with E-state index < -0.39 is 20.0 Å². The van der Waals surface area contributed by atoms with Crippen LogP contribution in [0.3, 0.4) is 0 Å². The second-order valence-electron chi connectivity index (χ2n) is 9.13. The second kappa shape index (κ2) is 9.66. The predicted molar refractivity (Wildman–Crippen MR) is 134 cm³/mol. The summed E-state index contributed by atoms with van der Waals surface area (Å²) in [4.78, 5) is 4.97. The topological polar surface area (TPSA) is 96.4 Å². The van der Waals surface area contributed by atoms with E-state index in [1.165, 1.54) is 28.6 Å². The summed E-state index contributed by atoms with van der Waals surface area (Å²) in [5.74, 6) is 0.252. The molecule has 1 saturated carbocycles. The van der Waals surface area contributed by atoms with Crippen LogP contribution in [0, 0.1) is 0 Å². The van der Waals surface area contributed by atoms with Crippen LogP contribution < -0.4 is 4.72 Å². The first-order valence-electron chi connectivity index (χ1n) is 11.8. The lowest BCUT2D eigenvalue weighted by Crippen LogP contribution is -2.38. The van der Waals surface area contributed by atoms with Crippen LogP contribution in [0.15, 0.2) is 58.3 Å². The number of nitrogens with one attached hydrogen (secondary N) is 1. The molecule has 7 nitrogen and oxygen atoms in total. The van der Waals surface area contributed by atoms with Crippen molar-refractivity contribution >= 4 is 41.6 Å². The van der Waals surface area contributed by atoms with Crippen molar-refractivity contribution in [3.8, 4) is 0 Å². The molecule has 0 atom stereocenters. The Morgan fingerprint density at radius 1 is 0.824 bits per heavy atom. The van der Waals surface area contributed by atoms with Gasteiger partial charge in [0.05, 0.1) is 25.0 Å². The van der Waals surface area contributed by atoms with Crippen LogP contribution in [0.25, 0.3) is 10.2 Å². The second-order valence-corrected chi connectivity index (χ2v) is 13.8. The summed E-state index contributed by atoms with van der Waals surface area (Å²) in [6, 6.07) is 13.6. The molecule has 0 unspecified atom stereocenters. The minimum absolute atomic E-state index is 0.0427. The first-order chi connectivity index (χ1) is 16.3. The minimum Gasteiger partial charge on any atom is -0.241 e. The lowest BCUT2D eigenvalue weighted by atomic mass is 9.96. The summed E-state index contributed by atoms with van der Waals surface area (Å²) in [5, 5.41) is 1.07. The third-order valence-electron chi connectivity index (χ3n) is 6.81. The number of benzene rings is 2. The van der Waals surface area contributed by atoms with Crippen molar-refractivity contribution in [3.63, 3.8) is 0 Å². The van der Waals surface area contributed by atoms with E-state index in [0.29, 0.717) is 13.1 Å². The maximum Gasteiger partial charge on any atom is 0.243 e. The molecule has 0 bridgehead atoms. The van der Waals surface area contributed by atoms with Gasteiger partial charge in [-0.05, 0) is 62.1 Å². The van der Waals surface area contributed by atoms with E-state index in [2.05, 4.69) is 10.8 Å². The van der Waals surface area contributed by atoms with Crippen molar-refractivity contribution in [2.45, 2.75) is 66.7 Å². The van der Waals surface area contributed by atoms with Gasteiger partial charge < -0.3 is 0 Å². The molecule has 2 heterocycles. The van der Waals surface area contributed by atoms with Crippen molar-refractivity contribution in [3.05, 3.63) is 53.5 Å². The number of thiazole rings is 1. The van der Waals surface area contributed by atoms with Gasteiger partial charge in [-0.3, -0.25) is 0 Å². The molecule has 2 aliphatic rings. The highest BCUT2D eigenvalue weighted by Gasteiger charge is 2.31. The quantitative estimate of drug-likeness (QED) is 0.518. The third kappa shape index (κ3) is 4.92. The molecule has 0 spiro atoms. The average molecular weight is 520 g/mol. The fraction of sp³-hybridized carbons (Fsp3) is 0.458. The van der Waals surface area contributed by atoms with Gasteiger partial charge in [0.2, 0.25) is 20.0 Å². The Morgan fingerprint density at radius 2 is 1.47 bits per heavy atom. The number of aromatic nitrogens is 1. The summed E-state index contributed by atoms with van der Waals surface area (Å²) in [7, 11) is -7.34. The average Bonchev–Trinajstić information content (AvgIpc) is 3.29. The highest BCUT2D eigenvalue weighted by atomic mass is 32.2. The van der Waals surface area contributed by atoms with Crippen molar-refractivity contribution in [1.29, 1.82) is 0 Å². The van der Waals surface area contributed by atoms with Gasteiger partial charge in [-0.25, -0.2) is 26.5 Å². The minimum atomic E-state index is -3.68. The van der Waals surface area contributed by atoms with Crippen LogP contribution in [0.2, 0.25) is 0 Å². The van der Waals surface area contributed by atoms with Crippen molar-refractivity contribution in [1.82, 2.24) is 14.0 Å². The fourth-order valence-corrected chi connectivity index (χ4v) is 8.77. The third-order valence-corrected chi connectivity index (χ3v) is 11.5. The first-order valence-corrected chi connectivity index (χ1v) is 15.5. The number of piperidine rings is 1. The molecule has 1 saturated heterocycles. The van der Waals surface area contributed by atoms with Gasteiger partial charge in [0, 0.05) is 25.0 Å². The summed E-state index contributed by atoms with van der Waals surface area (Å²) in [5.41, 5.74) is 0.991. The van der Waals surface area contributed by atoms with Crippen LogP contribution in [0.1, 0.15) is 55.9 Å². The fourth-order valence-electron chi connectivity index (χ4n) is 4.86. The zero-order valence-corrected chi connectivity index (χ0v) is 21.3. The van der Waals surface area contributed by atoms with Crippen molar-refractivity contribution < 1.29 is 16.8 Å². The molecule has 34 heavy (non-hydrogen) atoms. The van der Waals surface area contributed by atoms with Gasteiger partial charge in [-0.15, -0.1) is 11.3 Å². The molecular formula is C24H29N3O4S3. The Morgan fingerprint density at radius 3 is 2.15 bits per heavy atom. The maximum atomic E-state index is 13.2. The summed E-state index contributed by atoms with van der Waals surface area (Å²) >= 11 is 1.68. The number of sulfonamides is 2. The monoisotopic (exact) mass is 519 g/mol. The van der Waals surface area contributed by atoms with Gasteiger partial charge in [0.15, 0.2) is 0 Å². The molecule has 182 valence electrons. The standard InChI is InChI=1S/C24H29N3O4S3/c28-33(29,26-19-6-2-1-3-7-19)20-10-12-21(13-11-20)34(30,31)27-16-14-18(15-17-27)24-25-22-8-4-5-9-23(22)32-24/h4-5,8-13,18-19,26H,1-3,6-7,14-17H2. The largest absolute Gasteiger partial charge is 0.243 e. The molecule has 5 rings (SSSR count). The van der Waals surface area contributed by atoms with Gasteiger partial charge in [0.1, 0.15) is 0 Å². The van der Waals surface area contributed by atoms with E-state index in [9.17, 15) is 16.8 Å². The molecule has 0 radical (unpaired) electrons. The molecule has 0 amide bonds. The van der Waals surface area contributed by atoms with E-state index in [1.54, 1.807) is 11.3 Å². The Labute approximate surface area is 205 Å². The number of rotatable bonds is 6. The van der Waals surface area contributed by atoms with Gasteiger partial charge in [-0.2, -0.15) is 4.31 Å². The molecule has 1 N–H and O–H groups in total. The van der Waals surface area contributed by atoms with Gasteiger partial charge in [-0.1, -0.05) is 31.4 Å². The highest BCUT2D eigenvalue weighted by molar-refractivity contribution is 7.89. The zero-order valence-electron chi connectivity index (χ0n) is 18.9. The number of hydrogen-bond donors (Lipinski definition) is 1. The van der Waals surface area contributed by atoms with Crippen LogP contribution in [0.5, 0.6) is 0 Å². The Balaban J connectivity index is 1.25. The molecule has 1 aliphatic heterocycles. The van der Waals surface area contributed by atoms with Crippen molar-refractivity contribution in [2.24, 2.45) is 0 Å². The Hall–Kier alpha value is -1.85. The maximum absolute atomic E-state index is 13.2. The summed E-state index contributed by atoms with van der Waals surface area (Å²) in [6.07, 6.45) is 6.33. The van der Waals surface area contributed by atoms with E-state index >= 15 is 0 Å². The van der Waals surface area contributed by atoms with Crippen molar-refractivity contribution in [2.75, 3.05) is 13.1 Å². The highest BCUT2D eigenvalue weighted by Crippen LogP contribution is 2.35. The predicted octanol–water partition coefficient (Wildman–Crippen LogP) is 4.48. The van der Waals surface area contributed by atoms with E-state index in [-0.39, 0.29) is 21.8 Å². The molecule has 2 fully saturated rings. The molecule has 2 aromatic carbocycles. The van der Waals surface area contributed by atoms with Crippen LogP contribution in [0.4, 0.5) is 0 Å². The molecule has 10 heteroatoms. The number of fused-ring (bicyclic) bond motifs is 1. The summed E-state index contributed by atoms with van der Waals surface area (Å²) < 4.78 is 57.3. The Kier molecular flexibility index (Phi) is 6.78. The van der Waals surface area contributed by atoms with Crippen LogP contribution >= 0.6 is 11.3 Å². The molecular weight excluding hydrogens is 490 g/mol. The normalized spacial score (nSPS) is 19.5. The lowest BCUT2D eigenvalue weighted by molar-refractivity contribution is 0.319. The van der Waals surface area contributed by atoms with Crippen LogP contribution in [-0.2, 0) is 20.0 Å². The van der Waals surface area contributed by atoms with Crippen LogP contribution in [-0.4, -0.2) is 45.3 Å². The first kappa shape index (κ1) is 23.9. The summed E-state index contributed by atoms with van der Waals surface area (Å²) in [6.45, 7) is 0.846. The SMILES string of the molecule is O=S(=O)(NC1CCCCC1)c1ccc(S(=O)(=O)N2CCC(c3nc4ccccc4s3)CC2)cc1.